The van der Waals surface area contributed by atoms with Gasteiger partial charge in [0.2, 0.25) is 0 Å². The Hall–Kier alpha value is -0.680. The van der Waals surface area contributed by atoms with Crippen LogP contribution in [0.2, 0.25) is 0 Å². The second kappa shape index (κ2) is 9.64. The number of rotatable bonds is 0. The zero-order valence-corrected chi connectivity index (χ0v) is 19.7. The van der Waals surface area contributed by atoms with Crippen LogP contribution in [-0.4, -0.2) is 51.1 Å². The van der Waals surface area contributed by atoms with Crippen LogP contribution in [0.25, 0.3) is 19.5 Å². The smallest absolute Gasteiger partial charge is 0.181 e. The molecular weight excluding hydrogens is 465 g/mol. The van der Waals surface area contributed by atoms with Gasteiger partial charge < -0.3 is 18.9 Å². The molecule has 2 aliphatic heterocycles. The summed E-state index contributed by atoms with van der Waals surface area (Å²) in [4.78, 5) is 7.47. The third-order valence-electron chi connectivity index (χ3n) is 4.41. The van der Waals surface area contributed by atoms with Gasteiger partial charge in [0.05, 0.1) is 45.9 Å². The fourth-order valence-electron chi connectivity index (χ4n) is 3.15. The predicted molar refractivity (Wildman–Crippen MR) is 125 cm³/mol. The maximum Gasteiger partial charge on any atom is 0.181 e. The second-order valence-corrected chi connectivity index (χ2v) is 11.4. The number of fused-ring (bicyclic) bond motifs is 9. The Morgan fingerprint density at radius 2 is 1.10 bits per heavy atom. The largest absolute Gasteiger partial charge is 0.485 e. The predicted octanol–water partition coefficient (Wildman–Crippen LogP) is 6.21. The number of ether oxygens (including phenoxy) is 4. The summed E-state index contributed by atoms with van der Waals surface area (Å²) in [5.41, 5.74) is 0. The molecule has 0 N–H and O–H groups in total. The van der Waals surface area contributed by atoms with E-state index in [1.165, 1.54) is 29.3 Å². The van der Waals surface area contributed by atoms with E-state index in [0.29, 0.717) is 26.4 Å². The molecule has 0 aromatic carbocycles. The SMILES string of the molecule is c1cc2c(s1)-c1sc(c3c1OCCO3)-c1sccc1SCCOCCOCCS2. The van der Waals surface area contributed by atoms with E-state index in [-0.39, 0.29) is 0 Å². The van der Waals surface area contributed by atoms with Gasteiger partial charge in [-0.1, -0.05) is 0 Å². The number of thioether (sulfide) groups is 2. The number of thiophene rings is 3. The van der Waals surface area contributed by atoms with Gasteiger partial charge in [0.25, 0.3) is 0 Å². The Bertz CT molecular complexity index is 885. The monoisotopic (exact) mass is 484 g/mol. The van der Waals surface area contributed by atoms with Crippen LogP contribution in [0.5, 0.6) is 11.5 Å². The van der Waals surface area contributed by atoms with Gasteiger partial charge in [0.15, 0.2) is 11.5 Å². The molecule has 0 amide bonds. The molecular formula is C20H20O4S5. The van der Waals surface area contributed by atoms with Crippen molar-refractivity contribution in [3.63, 3.8) is 0 Å². The van der Waals surface area contributed by atoms with Crippen molar-refractivity contribution in [2.24, 2.45) is 0 Å². The van der Waals surface area contributed by atoms with Crippen LogP contribution < -0.4 is 9.47 Å². The summed E-state index contributed by atoms with van der Waals surface area (Å²) in [5.74, 6) is 3.66. The van der Waals surface area contributed by atoms with Crippen molar-refractivity contribution in [1.82, 2.24) is 0 Å². The first-order chi connectivity index (χ1) is 14.4. The van der Waals surface area contributed by atoms with Crippen molar-refractivity contribution < 1.29 is 18.9 Å². The maximum atomic E-state index is 6.12. The number of hydrogen-bond donors (Lipinski definition) is 0. The average molecular weight is 485 g/mol. The molecule has 2 aliphatic rings. The molecule has 0 atom stereocenters. The molecule has 0 spiro atoms. The van der Waals surface area contributed by atoms with Crippen LogP contribution >= 0.6 is 57.5 Å². The molecule has 9 heteroatoms. The van der Waals surface area contributed by atoms with Gasteiger partial charge in [-0.25, -0.2) is 0 Å². The minimum atomic E-state index is 0.598. The van der Waals surface area contributed by atoms with E-state index < -0.39 is 0 Å². The van der Waals surface area contributed by atoms with E-state index in [2.05, 4.69) is 22.9 Å². The van der Waals surface area contributed by atoms with Crippen LogP contribution in [0.3, 0.4) is 0 Å². The lowest BCUT2D eigenvalue weighted by Gasteiger charge is -2.17. The van der Waals surface area contributed by atoms with Crippen LogP contribution in [-0.2, 0) is 9.47 Å². The molecule has 0 fully saturated rings. The highest BCUT2D eigenvalue weighted by Crippen LogP contribution is 2.57. The zero-order chi connectivity index (χ0) is 19.5. The molecule has 0 saturated carbocycles. The van der Waals surface area contributed by atoms with Gasteiger partial charge in [-0.05, 0) is 22.9 Å². The minimum Gasteiger partial charge on any atom is -0.485 e. The van der Waals surface area contributed by atoms with Crippen molar-refractivity contribution in [2.75, 3.05) is 51.1 Å². The van der Waals surface area contributed by atoms with E-state index in [0.717, 1.165) is 36.2 Å². The van der Waals surface area contributed by atoms with Gasteiger partial charge in [-0.2, -0.15) is 0 Å². The Morgan fingerprint density at radius 3 is 1.62 bits per heavy atom. The molecule has 5 rings (SSSR count). The van der Waals surface area contributed by atoms with Crippen molar-refractivity contribution in [3.8, 4) is 31.0 Å². The van der Waals surface area contributed by atoms with Crippen LogP contribution in [0.4, 0.5) is 0 Å². The van der Waals surface area contributed by atoms with Crippen molar-refractivity contribution in [2.45, 2.75) is 9.79 Å². The Labute approximate surface area is 190 Å². The van der Waals surface area contributed by atoms with E-state index in [4.69, 9.17) is 18.9 Å². The zero-order valence-electron chi connectivity index (χ0n) is 15.6. The summed E-state index contributed by atoms with van der Waals surface area (Å²) >= 11 is 9.01. The van der Waals surface area contributed by atoms with Crippen LogP contribution in [0.15, 0.2) is 32.7 Å². The summed E-state index contributed by atoms with van der Waals surface area (Å²) in [5, 5.41) is 4.32. The maximum absolute atomic E-state index is 6.12. The Kier molecular flexibility index (Phi) is 6.72. The summed E-state index contributed by atoms with van der Waals surface area (Å²) in [7, 11) is 0. The first kappa shape index (κ1) is 20.2. The molecule has 4 nitrogen and oxygen atoms in total. The van der Waals surface area contributed by atoms with Gasteiger partial charge in [0, 0.05) is 21.3 Å². The third kappa shape index (κ3) is 4.37. The van der Waals surface area contributed by atoms with Crippen molar-refractivity contribution in [3.05, 3.63) is 22.9 Å². The molecule has 0 aliphatic carbocycles. The lowest BCUT2D eigenvalue weighted by atomic mass is 10.3. The lowest BCUT2D eigenvalue weighted by molar-refractivity contribution is 0.0605. The molecule has 0 unspecified atom stereocenters. The quantitative estimate of drug-likeness (QED) is 0.378. The Morgan fingerprint density at radius 1 is 0.586 bits per heavy atom. The van der Waals surface area contributed by atoms with Crippen molar-refractivity contribution in [1.29, 1.82) is 0 Å². The van der Waals surface area contributed by atoms with E-state index in [9.17, 15) is 0 Å². The van der Waals surface area contributed by atoms with Crippen molar-refractivity contribution >= 4 is 57.5 Å². The topological polar surface area (TPSA) is 36.9 Å². The molecule has 0 saturated heterocycles. The summed E-state index contributed by atoms with van der Waals surface area (Å²) in [6.07, 6.45) is 0. The third-order valence-corrected chi connectivity index (χ3v) is 10.0. The first-order valence-corrected chi connectivity index (χ1v) is 14.0. The lowest BCUT2D eigenvalue weighted by Crippen LogP contribution is -2.14. The first-order valence-electron chi connectivity index (χ1n) is 9.41. The summed E-state index contributed by atoms with van der Waals surface area (Å²) in [6.45, 7) is 3.95. The van der Waals surface area contributed by atoms with Crippen LogP contribution in [0.1, 0.15) is 0 Å². The molecule has 3 aromatic heterocycles. The molecule has 29 heavy (non-hydrogen) atoms. The minimum absolute atomic E-state index is 0.598. The highest BCUT2D eigenvalue weighted by molar-refractivity contribution is 7.99. The molecule has 0 radical (unpaired) electrons. The fraction of sp³-hybridized carbons (Fsp3) is 0.400. The fourth-order valence-corrected chi connectivity index (χ4v) is 8.81. The highest BCUT2D eigenvalue weighted by atomic mass is 32.2. The number of hydrogen-bond acceptors (Lipinski definition) is 9. The van der Waals surface area contributed by atoms with Gasteiger partial charge in [-0.3, -0.25) is 0 Å². The average Bonchev–Trinajstić information content (AvgIpc) is 3.46. The van der Waals surface area contributed by atoms with Crippen LogP contribution in [0, 0.1) is 0 Å². The standard InChI is InChI=1S/C20H20O4S5/c1-9-27-17-13(1)25-11-7-21-3-4-22-8-12-26-14-2-10-28-18(14)20-16-15(19(17)29-20)23-5-6-24-16/h1-2,9-10H,3-8,11-12H2. The van der Waals surface area contributed by atoms with Gasteiger partial charge >= 0.3 is 0 Å². The van der Waals surface area contributed by atoms with E-state index >= 15 is 0 Å². The van der Waals surface area contributed by atoms with E-state index in [1.807, 2.05) is 23.5 Å². The highest BCUT2D eigenvalue weighted by Gasteiger charge is 2.29. The summed E-state index contributed by atoms with van der Waals surface area (Å²) in [6, 6.07) is 4.40. The Balaban J connectivity index is 1.57. The van der Waals surface area contributed by atoms with Gasteiger partial charge in [-0.15, -0.1) is 57.5 Å². The van der Waals surface area contributed by atoms with E-state index in [1.54, 1.807) is 34.0 Å². The molecule has 5 heterocycles. The van der Waals surface area contributed by atoms with Gasteiger partial charge in [0.1, 0.15) is 13.2 Å². The molecule has 3 aromatic rings. The molecule has 2 bridgehead atoms. The summed E-state index contributed by atoms with van der Waals surface area (Å²) < 4.78 is 23.7. The molecule has 154 valence electrons. The normalized spacial score (nSPS) is 17.9. The second-order valence-electron chi connectivity index (χ2n) is 6.27.